The van der Waals surface area contributed by atoms with E-state index in [0.29, 0.717) is 13.1 Å². The molecule has 0 spiro atoms. The summed E-state index contributed by atoms with van der Waals surface area (Å²) in [6.07, 6.45) is 0. The van der Waals surface area contributed by atoms with Gasteiger partial charge in [-0.05, 0) is 25.6 Å². The molecule has 0 bridgehead atoms. The monoisotopic (exact) mass is 279 g/mol. The van der Waals surface area contributed by atoms with Crippen molar-refractivity contribution in [1.29, 1.82) is 0 Å². The largest absolute Gasteiger partial charge is 0.361 e. The van der Waals surface area contributed by atoms with Crippen LogP contribution in [0.5, 0.6) is 0 Å². The summed E-state index contributed by atoms with van der Waals surface area (Å²) in [7, 11) is 2.00. The maximum Gasteiger partial charge on any atom is 0.133 e. The molecule has 0 aliphatic carbocycles. The van der Waals surface area contributed by atoms with Gasteiger partial charge in [-0.3, -0.25) is 4.90 Å². The van der Waals surface area contributed by atoms with Crippen molar-refractivity contribution in [2.75, 3.05) is 13.6 Å². The molecular weight excluding hydrogens is 262 g/mol. The molecule has 0 fully saturated rings. The zero-order valence-corrected chi connectivity index (χ0v) is 11.9. The lowest BCUT2D eigenvalue weighted by molar-refractivity contribution is 0.234. The van der Waals surface area contributed by atoms with Gasteiger partial charge in [0, 0.05) is 30.2 Å². The van der Waals surface area contributed by atoms with Crippen molar-refractivity contribution in [1.82, 2.24) is 10.1 Å². The van der Waals surface area contributed by atoms with Gasteiger partial charge in [-0.15, -0.1) is 0 Å². The lowest BCUT2D eigenvalue weighted by Crippen LogP contribution is -2.30. The Bertz CT molecular complexity index is 541. The fourth-order valence-electron chi connectivity index (χ4n) is 2.15. The second kappa shape index (κ2) is 6.19. The van der Waals surface area contributed by atoms with Crippen molar-refractivity contribution in [3.8, 4) is 0 Å². The summed E-state index contributed by atoms with van der Waals surface area (Å²) in [6, 6.07) is 9.76. The Morgan fingerprint density at radius 3 is 2.74 bits per heavy atom. The predicted octanol–water partition coefficient (Wildman–Crippen LogP) is 2.77. The Labute approximate surface area is 118 Å². The molecule has 102 valence electrons. The molecule has 1 unspecified atom stereocenters. The van der Waals surface area contributed by atoms with Crippen LogP contribution in [-0.2, 0) is 6.54 Å². The van der Waals surface area contributed by atoms with E-state index in [1.807, 2.05) is 44.3 Å². The van der Waals surface area contributed by atoms with Gasteiger partial charge >= 0.3 is 0 Å². The molecule has 1 heterocycles. The summed E-state index contributed by atoms with van der Waals surface area (Å²) in [6.45, 7) is 3.05. The number of nitrogens with zero attached hydrogens (tertiary/aromatic N) is 2. The molecule has 0 radical (unpaired) electrons. The third-order valence-electron chi connectivity index (χ3n) is 3.11. The highest BCUT2D eigenvalue weighted by molar-refractivity contribution is 6.31. The Morgan fingerprint density at radius 1 is 1.42 bits per heavy atom. The Kier molecular flexibility index (Phi) is 4.58. The Hall–Kier alpha value is -1.36. The zero-order valence-electron chi connectivity index (χ0n) is 11.1. The molecule has 5 heteroatoms. The summed E-state index contributed by atoms with van der Waals surface area (Å²) in [5.41, 5.74) is 7.82. The molecule has 0 aliphatic heterocycles. The van der Waals surface area contributed by atoms with E-state index in [4.69, 9.17) is 21.9 Å². The van der Waals surface area contributed by atoms with Gasteiger partial charge < -0.3 is 10.3 Å². The van der Waals surface area contributed by atoms with E-state index in [2.05, 4.69) is 10.1 Å². The lowest BCUT2D eigenvalue weighted by atomic mass is 10.1. The molecule has 1 aromatic heterocycles. The van der Waals surface area contributed by atoms with E-state index in [1.54, 1.807) is 0 Å². The number of aromatic nitrogens is 1. The molecule has 19 heavy (non-hydrogen) atoms. The summed E-state index contributed by atoms with van der Waals surface area (Å²) in [5.74, 6) is 0.811. The maximum absolute atomic E-state index is 6.23. The maximum atomic E-state index is 6.23. The number of hydrogen-bond donors (Lipinski definition) is 1. The molecule has 1 aromatic carbocycles. The first-order valence-electron chi connectivity index (χ1n) is 6.18. The van der Waals surface area contributed by atoms with Crippen molar-refractivity contribution in [2.24, 2.45) is 5.73 Å². The van der Waals surface area contributed by atoms with E-state index in [-0.39, 0.29) is 6.04 Å². The third-order valence-corrected chi connectivity index (χ3v) is 3.45. The summed E-state index contributed by atoms with van der Waals surface area (Å²) >= 11 is 6.23. The van der Waals surface area contributed by atoms with Gasteiger partial charge in [0.05, 0.1) is 5.69 Å². The summed E-state index contributed by atoms with van der Waals surface area (Å²) in [4.78, 5) is 2.12. The average Bonchev–Trinajstić information content (AvgIpc) is 2.78. The van der Waals surface area contributed by atoms with Gasteiger partial charge in [0.1, 0.15) is 5.76 Å². The fourth-order valence-corrected chi connectivity index (χ4v) is 2.41. The predicted molar refractivity (Wildman–Crippen MR) is 76.0 cm³/mol. The van der Waals surface area contributed by atoms with Gasteiger partial charge in [0.2, 0.25) is 0 Å². The van der Waals surface area contributed by atoms with Gasteiger partial charge in [0.25, 0.3) is 0 Å². The minimum atomic E-state index is 0.0608. The minimum absolute atomic E-state index is 0.0608. The number of rotatable bonds is 5. The van der Waals surface area contributed by atoms with Crippen molar-refractivity contribution in [2.45, 2.75) is 19.5 Å². The molecule has 0 aliphatic rings. The molecular formula is C14H18ClN3O. The van der Waals surface area contributed by atoms with E-state index in [0.717, 1.165) is 22.0 Å². The Morgan fingerprint density at radius 2 is 2.16 bits per heavy atom. The highest BCUT2D eigenvalue weighted by Gasteiger charge is 2.19. The van der Waals surface area contributed by atoms with Gasteiger partial charge in [-0.2, -0.15) is 0 Å². The van der Waals surface area contributed by atoms with E-state index < -0.39 is 0 Å². The summed E-state index contributed by atoms with van der Waals surface area (Å²) in [5, 5.41) is 4.74. The molecule has 0 amide bonds. The SMILES string of the molecule is Cc1cc(CN(C)C(CN)c2ccccc2Cl)no1. The first kappa shape index (κ1) is 14.1. The van der Waals surface area contributed by atoms with Crippen molar-refractivity contribution < 1.29 is 4.52 Å². The van der Waals surface area contributed by atoms with Crippen LogP contribution >= 0.6 is 11.6 Å². The second-order valence-corrected chi connectivity index (χ2v) is 5.02. The van der Waals surface area contributed by atoms with Crippen LogP contribution in [0.2, 0.25) is 5.02 Å². The molecule has 1 atom stereocenters. The molecule has 2 aromatic rings. The van der Waals surface area contributed by atoms with Crippen molar-refractivity contribution in [3.63, 3.8) is 0 Å². The van der Waals surface area contributed by atoms with E-state index >= 15 is 0 Å². The smallest absolute Gasteiger partial charge is 0.133 e. The number of likely N-dealkylation sites (N-methyl/N-ethyl adjacent to an activating group) is 1. The van der Waals surface area contributed by atoms with Crippen LogP contribution in [0.25, 0.3) is 0 Å². The van der Waals surface area contributed by atoms with Crippen molar-refractivity contribution >= 4 is 11.6 Å². The van der Waals surface area contributed by atoms with Crippen LogP contribution in [0.1, 0.15) is 23.1 Å². The van der Waals surface area contributed by atoms with Gasteiger partial charge in [-0.25, -0.2) is 0 Å². The summed E-state index contributed by atoms with van der Waals surface area (Å²) < 4.78 is 5.07. The van der Waals surface area contributed by atoms with E-state index in [1.165, 1.54) is 0 Å². The van der Waals surface area contributed by atoms with Gasteiger partial charge in [-0.1, -0.05) is 35.0 Å². The van der Waals surface area contributed by atoms with Crippen LogP contribution in [0.15, 0.2) is 34.9 Å². The van der Waals surface area contributed by atoms with Crippen LogP contribution in [-0.4, -0.2) is 23.6 Å². The first-order valence-corrected chi connectivity index (χ1v) is 6.56. The van der Waals surface area contributed by atoms with Crippen LogP contribution in [0, 0.1) is 6.92 Å². The quantitative estimate of drug-likeness (QED) is 0.914. The minimum Gasteiger partial charge on any atom is -0.361 e. The highest BCUT2D eigenvalue weighted by Crippen LogP contribution is 2.26. The van der Waals surface area contributed by atoms with Gasteiger partial charge in [0.15, 0.2) is 0 Å². The zero-order chi connectivity index (χ0) is 13.8. The molecule has 0 saturated carbocycles. The molecule has 0 saturated heterocycles. The number of benzene rings is 1. The molecule has 2 N–H and O–H groups in total. The number of hydrogen-bond acceptors (Lipinski definition) is 4. The van der Waals surface area contributed by atoms with Crippen LogP contribution < -0.4 is 5.73 Å². The second-order valence-electron chi connectivity index (χ2n) is 4.62. The average molecular weight is 280 g/mol. The normalized spacial score (nSPS) is 12.9. The highest BCUT2D eigenvalue weighted by atomic mass is 35.5. The Balaban J connectivity index is 2.15. The van der Waals surface area contributed by atoms with Crippen LogP contribution in [0.3, 0.4) is 0 Å². The number of aryl methyl sites for hydroxylation is 1. The lowest BCUT2D eigenvalue weighted by Gasteiger charge is -2.27. The molecule has 2 rings (SSSR count). The van der Waals surface area contributed by atoms with Crippen molar-refractivity contribution in [3.05, 3.63) is 52.4 Å². The third kappa shape index (κ3) is 3.35. The van der Waals surface area contributed by atoms with E-state index in [9.17, 15) is 0 Å². The number of nitrogens with two attached hydrogens (primary N) is 1. The standard InChI is InChI=1S/C14H18ClN3O/c1-10-7-11(17-19-10)9-18(2)14(8-16)12-5-3-4-6-13(12)15/h3-7,14H,8-9,16H2,1-2H3. The van der Waals surface area contributed by atoms with Crippen LogP contribution in [0.4, 0.5) is 0 Å². The first-order chi connectivity index (χ1) is 9.11. The topological polar surface area (TPSA) is 55.3 Å². The fraction of sp³-hybridized carbons (Fsp3) is 0.357. The molecule has 4 nitrogen and oxygen atoms in total. The number of halogens is 1.